The molecule has 0 bridgehead atoms. The molecule has 2 aromatic rings. The van der Waals surface area contributed by atoms with Crippen molar-refractivity contribution in [3.05, 3.63) is 52.8 Å². The summed E-state index contributed by atoms with van der Waals surface area (Å²) >= 11 is 4.23. The standard InChI is InChI=1S/C16H14ClF4N3O2S/c1-15(2,3)27(25)24-12(13-14(17)23-7-6-22-13)9-4-5-11(10(18)8-9)26-16(19,20)21/h4-8H,1-3H3/b24-12-. The Morgan fingerprint density at radius 3 is 2.33 bits per heavy atom. The van der Waals surface area contributed by atoms with E-state index in [0.717, 1.165) is 18.2 Å². The zero-order valence-corrected chi connectivity index (χ0v) is 15.9. The van der Waals surface area contributed by atoms with Gasteiger partial charge in [0.15, 0.2) is 22.4 Å². The SMILES string of the molecule is CC(C)(C)[S+]([O-])/N=C(/c1ccc(OC(F)(F)F)c(F)c1)c1nccnc1Cl. The second kappa shape index (κ2) is 7.99. The molecule has 0 N–H and O–H groups in total. The van der Waals surface area contributed by atoms with Crippen molar-refractivity contribution in [2.24, 2.45) is 4.40 Å². The van der Waals surface area contributed by atoms with Crippen LogP contribution in [-0.4, -0.2) is 31.3 Å². The number of hydrogen-bond donors (Lipinski definition) is 0. The van der Waals surface area contributed by atoms with Crippen LogP contribution >= 0.6 is 11.6 Å². The normalized spacial score (nSPS) is 14.2. The summed E-state index contributed by atoms with van der Waals surface area (Å²) in [6, 6.07) is 2.69. The maximum atomic E-state index is 14.1. The average Bonchev–Trinajstić information content (AvgIpc) is 2.53. The van der Waals surface area contributed by atoms with Crippen LogP contribution in [0.4, 0.5) is 17.6 Å². The minimum Gasteiger partial charge on any atom is -0.591 e. The minimum absolute atomic E-state index is 0.0145. The van der Waals surface area contributed by atoms with Crippen LogP contribution in [-0.2, 0) is 11.4 Å². The lowest BCUT2D eigenvalue weighted by Gasteiger charge is -2.19. The maximum Gasteiger partial charge on any atom is 0.573 e. The predicted molar refractivity (Wildman–Crippen MR) is 93.7 cm³/mol. The Morgan fingerprint density at radius 1 is 1.19 bits per heavy atom. The van der Waals surface area contributed by atoms with E-state index in [1.165, 1.54) is 12.4 Å². The molecule has 1 aromatic carbocycles. The first-order valence-corrected chi connectivity index (χ1v) is 8.90. The van der Waals surface area contributed by atoms with Crippen molar-refractivity contribution in [3.8, 4) is 5.75 Å². The fourth-order valence-electron chi connectivity index (χ4n) is 1.79. The molecule has 5 nitrogen and oxygen atoms in total. The van der Waals surface area contributed by atoms with Crippen molar-refractivity contribution >= 4 is 28.7 Å². The van der Waals surface area contributed by atoms with Crippen molar-refractivity contribution in [1.29, 1.82) is 0 Å². The lowest BCUT2D eigenvalue weighted by atomic mass is 10.1. The molecule has 0 spiro atoms. The molecule has 1 heterocycles. The number of halogens is 5. The van der Waals surface area contributed by atoms with Gasteiger partial charge in [-0.05, 0) is 39.0 Å². The smallest absolute Gasteiger partial charge is 0.573 e. The largest absolute Gasteiger partial charge is 0.591 e. The Bertz CT molecular complexity index is 856. The van der Waals surface area contributed by atoms with Crippen LogP contribution in [0.3, 0.4) is 0 Å². The van der Waals surface area contributed by atoms with Gasteiger partial charge in [-0.1, -0.05) is 16.0 Å². The first kappa shape index (κ1) is 21.4. The number of nitrogens with zero attached hydrogens (tertiary/aromatic N) is 3. The number of alkyl halides is 3. The van der Waals surface area contributed by atoms with Crippen LogP contribution in [0.5, 0.6) is 5.75 Å². The molecular formula is C16H14ClF4N3O2S. The zero-order valence-electron chi connectivity index (χ0n) is 14.3. The van der Waals surface area contributed by atoms with Crippen LogP contribution in [0.1, 0.15) is 32.0 Å². The lowest BCUT2D eigenvalue weighted by Crippen LogP contribution is -2.27. The van der Waals surface area contributed by atoms with E-state index in [4.69, 9.17) is 11.6 Å². The molecule has 0 saturated carbocycles. The predicted octanol–water partition coefficient (Wildman–Crippen LogP) is 4.47. The number of hydrogen-bond acceptors (Lipinski definition) is 5. The summed E-state index contributed by atoms with van der Waals surface area (Å²) in [6.45, 7) is 5.01. The van der Waals surface area contributed by atoms with Crippen molar-refractivity contribution in [1.82, 2.24) is 9.97 Å². The number of aromatic nitrogens is 2. The average molecular weight is 424 g/mol. The van der Waals surface area contributed by atoms with Crippen molar-refractivity contribution in [2.75, 3.05) is 0 Å². The van der Waals surface area contributed by atoms with Gasteiger partial charge in [0.05, 0.1) is 0 Å². The summed E-state index contributed by atoms with van der Waals surface area (Å²) < 4.78 is 70.4. The van der Waals surface area contributed by atoms with Gasteiger partial charge in [-0.2, -0.15) is 0 Å². The third kappa shape index (κ3) is 5.78. The van der Waals surface area contributed by atoms with E-state index in [0.29, 0.717) is 0 Å². The van der Waals surface area contributed by atoms with Gasteiger partial charge < -0.3 is 9.29 Å². The summed E-state index contributed by atoms with van der Waals surface area (Å²) in [4.78, 5) is 7.85. The minimum atomic E-state index is -5.04. The summed E-state index contributed by atoms with van der Waals surface area (Å²) in [7, 11) is 0. The molecule has 11 heteroatoms. The van der Waals surface area contributed by atoms with Crippen LogP contribution in [0.2, 0.25) is 5.15 Å². The van der Waals surface area contributed by atoms with Gasteiger partial charge in [-0.15, -0.1) is 13.2 Å². The Morgan fingerprint density at radius 2 is 1.81 bits per heavy atom. The Balaban J connectivity index is 2.57. The number of rotatable bonds is 4. The van der Waals surface area contributed by atoms with Gasteiger partial charge in [-0.25, -0.2) is 14.4 Å². The van der Waals surface area contributed by atoms with Gasteiger partial charge in [0, 0.05) is 18.0 Å². The second-order valence-corrected chi connectivity index (χ2v) is 8.45. The molecule has 0 aliphatic heterocycles. The molecule has 1 aromatic heterocycles. The van der Waals surface area contributed by atoms with Crippen LogP contribution in [0.15, 0.2) is 35.0 Å². The molecule has 27 heavy (non-hydrogen) atoms. The Labute approximate surface area is 160 Å². The Kier molecular flexibility index (Phi) is 6.33. The van der Waals surface area contributed by atoms with E-state index >= 15 is 0 Å². The molecule has 0 aliphatic carbocycles. The van der Waals surface area contributed by atoms with Crippen LogP contribution in [0.25, 0.3) is 0 Å². The van der Waals surface area contributed by atoms with Gasteiger partial charge in [-0.3, -0.25) is 0 Å². The molecular weight excluding hydrogens is 410 g/mol. The van der Waals surface area contributed by atoms with E-state index in [-0.39, 0.29) is 22.1 Å². The molecule has 1 unspecified atom stereocenters. The second-order valence-electron chi connectivity index (χ2n) is 6.19. The molecule has 2 rings (SSSR count). The quantitative estimate of drug-likeness (QED) is 0.413. The molecule has 1 atom stereocenters. The molecule has 0 saturated heterocycles. The first-order chi connectivity index (χ1) is 12.4. The highest BCUT2D eigenvalue weighted by Crippen LogP contribution is 2.28. The zero-order chi connectivity index (χ0) is 20.4. The molecule has 0 fully saturated rings. The third-order valence-corrected chi connectivity index (χ3v) is 4.68. The van der Waals surface area contributed by atoms with Crippen molar-refractivity contribution < 1.29 is 26.9 Å². The molecule has 0 radical (unpaired) electrons. The fraction of sp³-hybridized carbons (Fsp3) is 0.312. The van der Waals surface area contributed by atoms with Crippen molar-refractivity contribution in [2.45, 2.75) is 31.9 Å². The van der Waals surface area contributed by atoms with E-state index in [1.54, 1.807) is 20.8 Å². The summed E-state index contributed by atoms with van der Waals surface area (Å²) in [5.41, 5.74) is -0.0403. The van der Waals surface area contributed by atoms with E-state index in [9.17, 15) is 22.1 Å². The van der Waals surface area contributed by atoms with Crippen LogP contribution < -0.4 is 4.74 Å². The van der Waals surface area contributed by atoms with E-state index in [1.807, 2.05) is 0 Å². The molecule has 0 amide bonds. The summed E-state index contributed by atoms with van der Waals surface area (Å²) in [5, 5.41) is -0.0850. The summed E-state index contributed by atoms with van der Waals surface area (Å²) in [5.74, 6) is -2.29. The van der Waals surface area contributed by atoms with Crippen molar-refractivity contribution in [3.63, 3.8) is 0 Å². The van der Waals surface area contributed by atoms with Gasteiger partial charge in [0.25, 0.3) is 0 Å². The van der Waals surface area contributed by atoms with E-state index in [2.05, 4.69) is 19.1 Å². The topological polar surface area (TPSA) is 70.4 Å². The highest BCUT2D eigenvalue weighted by Gasteiger charge is 2.33. The highest BCUT2D eigenvalue weighted by molar-refractivity contribution is 7.91. The molecule has 0 aliphatic rings. The van der Waals surface area contributed by atoms with Gasteiger partial charge >= 0.3 is 6.36 Å². The number of ether oxygens (including phenoxy) is 1. The van der Waals surface area contributed by atoms with Crippen LogP contribution in [0, 0.1) is 5.82 Å². The number of benzene rings is 1. The summed E-state index contributed by atoms with van der Waals surface area (Å²) in [6.07, 6.45) is -2.43. The molecule has 146 valence electrons. The first-order valence-electron chi connectivity index (χ1n) is 7.42. The lowest BCUT2D eigenvalue weighted by molar-refractivity contribution is -0.275. The highest BCUT2D eigenvalue weighted by atomic mass is 35.5. The van der Waals surface area contributed by atoms with Gasteiger partial charge in [0.2, 0.25) is 0 Å². The monoisotopic (exact) mass is 423 g/mol. The van der Waals surface area contributed by atoms with Gasteiger partial charge in [0.1, 0.15) is 21.8 Å². The maximum absolute atomic E-state index is 14.1. The third-order valence-electron chi connectivity index (χ3n) is 3.01. The van der Waals surface area contributed by atoms with E-state index < -0.39 is 34.0 Å². The fourth-order valence-corrected chi connectivity index (χ4v) is 2.61. The Hall–Kier alpha value is -1.91.